The van der Waals surface area contributed by atoms with Crippen LogP contribution in [0.2, 0.25) is 0 Å². The highest BCUT2D eigenvalue weighted by Crippen LogP contribution is 2.26. The van der Waals surface area contributed by atoms with E-state index in [1.165, 1.54) is 0 Å². The molecule has 0 saturated carbocycles. The Labute approximate surface area is 133 Å². The van der Waals surface area contributed by atoms with Gasteiger partial charge in [-0.15, -0.1) is 0 Å². The number of likely N-dealkylation sites (tertiary alicyclic amines) is 1. The first kappa shape index (κ1) is 16.8. The molecule has 0 spiro atoms. The molecular weight excluding hydrogens is 278 g/mol. The second kappa shape index (κ2) is 7.63. The number of hydrogen-bond donors (Lipinski definition) is 1. The van der Waals surface area contributed by atoms with Crippen molar-refractivity contribution >= 4 is 5.91 Å². The molecule has 1 amide bonds. The van der Waals surface area contributed by atoms with Gasteiger partial charge in [0.2, 0.25) is 5.91 Å². The maximum Gasteiger partial charge on any atom is 0.223 e. The fourth-order valence-corrected chi connectivity index (χ4v) is 3.09. The zero-order chi connectivity index (χ0) is 16.1. The largest absolute Gasteiger partial charge is 0.497 e. The summed E-state index contributed by atoms with van der Waals surface area (Å²) in [5.41, 5.74) is 1.12. The lowest BCUT2D eigenvalue weighted by Gasteiger charge is -2.34. The van der Waals surface area contributed by atoms with E-state index < -0.39 is 0 Å². The number of piperidine rings is 1. The van der Waals surface area contributed by atoms with Crippen molar-refractivity contribution in [3.05, 3.63) is 29.8 Å². The molecule has 1 heterocycles. The Morgan fingerprint density at radius 3 is 2.91 bits per heavy atom. The molecule has 1 aliphatic rings. The van der Waals surface area contributed by atoms with Crippen molar-refractivity contribution < 1.29 is 14.6 Å². The van der Waals surface area contributed by atoms with Crippen LogP contribution in [0.1, 0.15) is 44.6 Å². The van der Waals surface area contributed by atoms with E-state index >= 15 is 0 Å². The summed E-state index contributed by atoms with van der Waals surface area (Å²) in [6.45, 7) is 5.38. The lowest BCUT2D eigenvalue weighted by atomic mass is 9.92. The fourth-order valence-electron chi connectivity index (χ4n) is 3.09. The summed E-state index contributed by atoms with van der Waals surface area (Å²) < 4.78 is 5.24. The van der Waals surface area contributed by atoms with E-state index in [2.05, 4.69) is 6.92 Å². The predicted molar refractivity (Wildman–Crippen MR) is 87.0 cm³/mol. The number of carbonyl (C=O) groups excluding carboxylic acids is 1. The van der Waals surface area contributed by atoms with Gasteiger partial charge < -0.3 is 14.7 Å². The summed E-state index contributed by atoms with van der Waals surface area (Å²) in [7, 11) is 1.65. The zero-order valence-electron chi connectivity index (χ0n) is 13.8. The van der Waals surface area contributed by atoms with Gasteiger partial charge in [0, 0.05) is 25.4 Å². The smallest absolute Gasteiger partial charge is 0.223 e. The van der Waals surface area contributed by atoms with Crippen molar-refractivity contribution in [1.82, 2.24) is 4.90 Å². The van der Waals surface area contributed by atoms with Gasteiger partial charge in [-0.1, -0.05) is 19.1 Å². The molecule has 1 aromatic rings. The summed E-state index contributed by atoms with van der Waals surface area (Å²) in [5, 5.41) is 9.74. The number of ether oxygens (including phenoxy) is 1. The number of benzene rings is 1. The highest BCUT2D eigenvalue weighted by molar-refractivity contribution is 5.77. The van der Waals surface area contributed by atoms with Crippen LogP contribution >= 0.6 is 0 Å². The summed E-state index contributed by atoms with van der Waals surface area (Å²) >= 11 is 0. The Balaban J connectivity index is 1.95. The second-order valence-electron chi connectivity index (χ2n) is 6.36. The van der Waals surface area contributed by atoms with Crippen LogP contribution < -0.4 is 4.74 Å². The number of nitrogens with zero attached hydrogens (tertiary/aromatic N) is 1. The summed E-state index contributed by atoms with van der Waals surface area (Å²) in [5.74, 6) is 1.38. The Morgan fingerprint density at radius 1 is 1.45 bits per heavy atom. The van der Waals surface area contributed by atoms with Crippen LogP contribution in [0.15, 0.2) is 24.3 Å². The third-order valence-electron chi connectivity index (χ3n) is 4.64. The van der Waals surface area contributed by atoms with Crippen LogP contribution in [-0.4, -0.2) is 42.2 Å². The number of rotatable bonds is 5. The fraction of sp³-hybridized carbons (Fsp3) is 0.611. The molecule has 0 bridgehead atoms. The van der Waals surface area contributed by atoms with Crippen molar-refractivity contribution in [2.45, 2.75) is 45.1 Å². The zero-order valence-corrected chi connectivity index (χ0v) is 13.8. The standard InChI is InChI=1S/C18H27NO3/c1-13(15-6-4-8-17(11-15)22-3)10-18(21)19-9-5-7-16(12-19)14(2)20/h4,6,8,11,13-14,16,20H,5,7,9-10,12H2,1-3H3. The highest BCUT2D eigenvalue weighted by Gasteiger charge is 2.27. The lowest BCUT2D eigenvalue weighted by molar-refractivity contribution is -0.134. The van der Waals surface area contributed by atoms with Gasteiger partial charge >= 0.3 is 0 Å². The molecule has 0 aromatic heterocycles. The highest BCUT2D eigenvalue weighted by atomic mass is 16.5. The average molecular weight is 305 g/mol. The van der Waals surface area contributed by atoms with Crippen LogP contribution in [0.5, 0.6) is 5.75 Å². The van der Waals surface area contributed by atoms with E-state index in [0.717, 1.165) is 30.7 Å². The van der Waals surface area contributed by atoms with Gasteiger partial charge in [-0.2, -0.15) is 0 Å². The molecule has 0 radical (unpaired) electrons. The van der Waals surface area contributed by atoms with Crippen molar-refractivity contribution in [2.24, 2.45) is 5.92 Å². The van der Waals surface area contributed by atoms with Gasteiger partial charge in [-0.05, 0) is 43.4 Å². The molecule has 1 saturated heterocycles. The third-order valence-corrected chi connectivity index (χ3v) is 4.64. The second-order valence-corrected chi connectivity index (χ2v) is 6.36. The first-order chi connectivity index (χ1) is 10.5. The molecule has 3 unspecified atom stereocenters. The lowest BCUT2D eigenvalue weighted by Crippen LogP contribution is -2.43. The van der Waals surface area contributed by atoms with E-state index in [1.54, 1.807) is 7.11 Å². The molecule has 4 heteroatoms. The number of amides is 1. The van der Waals surface area contributed by atoms with E-state index in [0.29, 0.717) is 13.0 Å². The number of hydrogen-bond acceptors (Lipinski definition) is 3. The van der Waals surface area contributed by atoms with Crippen molar-refractivity contribution in [1.29, 1.82) is 0 Å². The first-order valence-electron chi connectivity index (χ1n) is 8.11. The normalized spacial score (nSPS) is 21.3. The minimum absolute atomic E-state index is 0.162. The molecule has 1 fully saturated rings. The van der Waals surface area contributed by atoms with Crippen molar-refractivity contribution in [3.8, 4) is 5.75 Å². The molecule has 122 valence electrons. The van der Waals surface area contributed by atoms with Crippen LogP contribution in [0.4, 0.5) is 0 Å². The molecule has 1 aliphatic heterocycles. The minimum Gasteiger partial charge on any atom is -0.497 e. The predicted octanol–water partition coefficient (Wildman–Crippen LogP) is 2.81. The number of aliphatic hydroxyl groups is 1. The first-order valence-corrected chi connectivity index (χ1v) is 8.11. The number of carbonyl (C=O) groups is 1. The SMILES string of the molecule is COc1cccc(C(C)CC(=O)N2CCCC(C(C)O)C2)c1. The van der Waals surface area contributed by atoms with Gasteiger partial charge in [-0.25, -0.2) is 0 Å². The topological polar surface area (TPSA) is 49.8 Å². The van der Waals surface area contributed by atoms with Crippen LogP contribution in [0.25, 0.3) is 0 Å². The maximum absolute atomic E-state index is 12.5. The molecule has 2 rings (SSSR count). The average Bonchev–Trinajstić information content (AvgIpc) is 2.54. The van der Waals surface area contributed by atoms with Gasteiger partial charge in [0.1, 0.15) is 5.75 Å². The number of aliphatic hydroxyl groups excluding tert-OH is 1. The third kappa shape index (κ3) is 4.23. The summed E-state index contributed by atoms with van der Waals surface area (Å²) in [6, 6.07) is 7.90. The Kier molecular flexibility index (Phi) is 5.83. The molecule has 3 atom stereocenters. The Morgan fingerprint density at radius 2 is 2.23 bits per heavy atom. The van der Waals surface area contributed by atoms with Gasteiger partial charge in [0.05, 0.1) is 13.2 Å². The van der Waals surface area contributed by atoms with E-state index in [-0.39, 0.29) is 23.8 Å². The van der Waals surface area contributed by atoms with Crippen molar-refractivity contribution in [2.75, 3.05) is 20.2 Å². The van der Waals surface area contributed by atoms with E-state index in [1.807, 2.05) is 36.1 Å². The number of methoxy groups -OCH3 is 1. The van der Waals surface area contributed by atoms with E-state index in [9.17, 15) is 9.90 Å². The van der Waals surface area contributed by atoms with Gasteiger partial charge in [-0.3, -0.25) is 4.79 Å². The Hall–Kier alpha value is -1.55. The van der Waals surface area contributed by atoms with Crippen LogP contribution in [-0.2, 0) is 4.79 Å². The van der Waals surface area contributed by atoms with E-state index in [4.69, 9.17) is 4.74 Å². The van der Waals surface area contributed by atoms with Crippen LogP contribution in [0.3, 0.4) is 0 Å². The van der Waals surface area contributed by atoms with Crippen LogP contribution in [0, 0.1) is 5.92 Å². The quantitative estimate of drug-likeness (QED) is 0.910. The molecule has 1 N–H and O–H groups in total. The monoisotopic (exact) mass is 305 g/mol. The van der Waals surface area contributed by atoms with Gasteiger partial charge in [0.25, 0.3) is 0 Å². The minimum atomic E-state index is -0.341. The molecular formula is C18H27NO3. The molecule has 1 aromatic carbocycles. The maximum atomic E-state index is 12.5. The molecule has 4 nitrogen and oxygen atoms in total. The summed E-state index contributed by atoms with van der Waals surface area (Å²) in [4.78, 5) is 14.4. The Bertz CT molecular complexity index is 501. The molecule has 0 aliphatic carbocycles. The van der Waals surface area contributed by atoms with Gasteiger partial charge in [0.15, 0.2) is 0 Å². The van der Waals surface area contributed by atoms with Crippen molar-refractivity contribution in [3.63, 3.8) is 0 Å². The molecule has 22 heavy (non-hydrogen) atoms. The summed E-state index contributed by atoms with van der Waals surface area (Å²) in [6.07, 6.45) is 2.15.